The normalized spacial score (nSPS) is 16.5. The highest BCUT2D eigenvalue weighted by Crippen LogP contribution is 2.33. The number of morpholine rings is 1. The minimum absolute atomic E-state index is 0.0211. The highest BCUT2D eigenvalue weighted by atomic mass is 16.7. The van der Waals surface area contributed by atoms with Crippen molar-refractivity contribution in [2.24, 2.45) is 0 Å². The molecule has 2 aliphatic heterocycles. The number of hydrogen-bond donors (Lipinski definition) is 3. The summed E-state index contributed by atoms with van der Waals surface area (Å²) in [5, 5.41) is 5.49. The molecule has 3 N–H and O–H groups in total. The largest absolute Gasteiger partial charge is 0.454 e. The van der Waals surface area contributed by atoms with Crippen molar-refractivity contribution in [2.45, 2.75) is 19.5 Å². The molecule has 164 valence electrons. The standard InChI is InChI=1S/C23H27N3O5/c1-16-2-4-17(5-3-16)13-24-22(27)23(28)25-14-19(26-8-10-29-11-9-26)18-6-7-20-21(12-18)31-15-30-20/h2-7,12,19H,8-11,13-15H2,1H3,(H,24,27)(H,25,28)/p+1/t19-/m1/s1. The lowest BCUT2D eigenvalue weighted by Gasteiger charge is -2.32. The third kappa shape index (κ3) is 5.34. The molecule has 2 aliphatic rings. The second-order valence-electron chi connectivity index (χ2n) is 7.81. The van der Waals surface area contributed by atoms with E-state index in [0.29, 0.717) is 32.1 Å². The Morgan fingerprint density at radius 1 is 0.968 bits per heavy atom. The fourth-order valence-electron chi connectivity index (χ4n) is 3.85. The van der Waals surface area contributed by atoms with Gasteiger partial charge in [0.25, 0.3) is 0 Å². The molecular weight excluding hydrogens is 398 g/mol. The van der Waals surface area contributed by atoms with Crippen LogP contribution >= 0.6 is 0 Å². The van der Waals surface area contributed by atoms with Crippen LogP contribution in [0.15, 0.2) is 42.5 Å². The van der Waals surface area contributed by atoms with Gasteiger partial charge in [-0.25, -0.2) is 0 Å². The van der Waals surface area contributed by atoms with Crippen LogP contribution in [0.1, 0.15) is 22.7 Å². The summed E-state index contributed by atoms with van der Waals surface area (Å²) in [7, 11) is 0. The smallest absolute Gasteiger partial charge is 0.309 e. The molecule has 8 nitrogen and oxygen atoms in total. The number of rotatable bonds is 6. The quantitative estimate of drug-likeness (QED) is 0.571. The van der Waals surface area contributed by atoms with Gasteiger partial charge in [0.05, 0.1) is 19.8 Å². The van der Waals surface area contributed by atoms with E-state index in [4.69, 9.17) is 14.2 Å². The summed E-state index contributed by atoms with van der Waals surface area (Å²) in [6, 6.07) is 13.6. The highest BCUT2D eigenvalue weighted by Gasteiger charge is 2.29. The summed E-state index contributed by atoms with van der Waals surface area (Å²) in [5.74, 6) is 0.156. The van der Waals surface area contributed by atoms with Crippen LogP contribution in [0.5, 0.6) is 11.5 Å². The molecule has 1 saturated heterocycles. The lowest BCUT2D eigenvalue weighted by Crippen LogP contribution is -3.15. The van der Waals surface area contributed by atoms with Gasteiger partial charge >= 0.3 is 11.8 Å². The number of benzene rings is 2. The van der Waals surface area contributed by atoms with Crippen LogP contribution in [0.4, 0.5) is 0 Å². The summed E-state index contributed by atoms with van der Waals surface area (Å²) in [6.45, 7) is 5.86. The van der Waals surface area contributed by atoms with E-state index in [2.05, 4.69) is 10.6 Å². The molecule has 1 fully saturated rings. The molecule has 0 radical (unpaired) electrons. The van der Waals surface area contributed by atoms with E-state index in [-0.39, 0.29) is 12.8 Å². The highest BCUT2D eigenvalue weighted by molar-refractivity contribution is 6.35. The van der Waals surface area contributed by atoms with Crippen molar-refractivity contribution >= 4 is 11.8 Å². The molecule has 2 aromatic carbocycles. The molecule has 1 atom stereocenters. The van der Waals surface area contributed by atoms with Crippen LogP contribution in [-0.4, -0.2) is 51.5 Å². The maximum atomic E-state index is 12.4. The zero-order valence-corrected chi connectivity index (χ0v) is 17.6. The molecule has 0 unspecified atom stereocenters. The molecule has 2 heterocycles. The van der Waals surface area contributed by atoms with E-state index in [1.54, 1.807) is 0 Å². The lowest BCUT2D eigenvalue weighted by molar-refractivity contribution is -0.937. The van der Waals surface area contributed by atoms with Crippen molar-refractivity contribution in [2.75, 3.05) is 39.6 Å². The lowest BCUT2D eigenvalue weighted by atomic mass is 10.0. The molecule has 0 saturated carbocycles. The number of hydrogen-bond acceptors (Lipinski definition) is 5. The maximum Gasteiger partial charge on any atom is 0.309 e. The van der Waals surface area contributed by atoms with E-state index < -0.39 is 11.8 Å². The topological polar surface area (TPSA) is 90.3 Å². The van der Waals surface area contributed by atoms with Gasteiger partial charge in [-0.3, -0.25) is 9.59 Å². The summed E-state index contributed by atoms with van der Waals surface area (Å²) in [4.78, 5) is 26.0. The third-order valence-corrected chi connectivity index (χ3v) is 5.67. The van der Waals surface area contributed by atoms with Gasteiger partial charge in [0.15, 0.2) is 11.5 Å². The minimum Gasteiger partial charge on any atom is -0.454 e. The Morgan fingerprint density at radius 3 is 2.45 bits per heavy atom. The van der Waals surface area contributed by atoms with Crippen LogP contribution in [0, 0.1) is 6.92 Å². The maximum absolute atomic E-state index is 12.4. The zero-order chi connectivity index (χ0) is 21.6. The molecule has 0 aliphatic carbocycles. The number of carbonyl (C=O) groups excluding carboxylic acids is 2. The second-order valence-corrected chi connectivity index (χ2v) is 7.81. The van der Waals surface area contributed by atoms with Gasteiger partial charge in [-0.1, -0.05) is 29.8 Å². The van der Waals surface area contributed by atoms with E-state index in [1.807, 2.05) is 49.4 Å². The van der Waals surface area contributed by atoms with Crippen LogP contribution in [0.25, 0.3) is 0 Å². The van der Waals surface area contributed by atoms with E-state index >= 15 is 0 Å². The number of amides is 2. The van der Waals surface area contributed by atoms with Gasteiger partial charge < -0.3 is 29.7 Å². The minimum atomic E-state index is -0.637. The van der Waals surface area contributed by atoms with Crippen LogP contribution < -0.4 is 25.0 Å². The van der Waals surface area contributed by atoms with Crippen molar-refractivity contribution in [3.63, 3.8) is 0 Å². The van der Waals surface area contributed by atoms with Gasteiger partial charge in [-0.15, -0.1) is 0 Å². The SMILES string of the molecule is Cc1ccc(CNC(=O)C(=O)NC[C@H](c2ccc3c(c2)OCO3)[NH+]2CCOCC2)cc1. The molecule has 0 aromatic heterocycles. The number of ether oxygens (including phenoxy) is 3. The molecule has 2 aromatic rings. The molecule has 8 heteroatoms. The predicted octanol–water partition coefficient (Wildman–Crippen LogP) is 0.113. The number of aryl methyl sites for hydroxylation is 1. The fraction of sp³-hybridized carbons (Fsp3) is 0.391. The molecular formula is C23H28N3O5+. The Balaban J connectivity index is 1.37. The summed E-state index contributed by atoms with van der Waals surface area (Å²) < 4.78 is 16.4. The van der Waals surface area contributed by atoms with E-state index in [1.165, 1.54) is 4.90 Å². The fourth-order valence-corrected chi connectivity index (χ4v) is 3.85. The van der Waals surface area contributed by atoms with Crippen molar-refractivity contribution < 1.29 is 28.7 Å². The van der Waals surface area contributed by atoms with Crippen LogP contribution in [0.2, 0.25) is 0 Å². The molecule has 4 rings (SSSR count). The number of quaternary nitrogens is 1. The molecule has 0 spiro atoms. The number of fused-ring (bicyclic) bond motifs is 1. The summed E-state index contributed by atoms with van der Waals surface area (Å²) >= 11 is 0. The van der Waals surface area contributed by atoms with Gasteiger partial charge in [-0.2, -0.15) is 0 Å². The van der Waals surface area contributed by atoms with Gasteiger partial charge in [0.2, 0.25) is 6.79 Å². The number of carbonyl (C=O) groups is 2. The van der Waals surface area contributed by atoms with E-state index in [0.717, 1.165) is 35.5 Å². The Bertz CT molecular complexity index is 925. The first-order valence-electron chi connectivity index (χ1n) is 10.5. The van der Waals surface area contributed by atoms with Gasteiger partial charge in [0.1, 0.15) is 19.1 Å². The summed E-state index contributed by atoms with van der Waals surface area (Å²) in [5.41, 5.74) is 3.12. The summed E-state index contributed by atoms with van der Waals surface area (Å²) in [6.07, 6.45) is 0. The first kappa shape index (κ1) is 21.1. The second kappa shape index (κ2) is 9.80. The van der Waals surface area contributed by atoms with Crippen molar-refractivity contribution in [3.8, 4) is 11.5 Å². The molecule has 0 bridgehead atoms. The first-order valence-corrected chi connectivity index (χ1v) is 10.5. The van der Waals surface area contributed by atoms with Crippen LogP contribution in [0.3, 0.4) is 0 Å². The Morgan fingerprint density at radius 2 is 1.68 bits per heavy atom. The number of nitrogens with one attached hydrogen (secondary N) is 3. The Labute approximate surface area is 181 Å². The van der Waals surface area contributed by atoms with E-state index in [9.17, 15) is 9.59 Å². The van der Waals surface area contributed by atoms with Gasteiger partial charge in [-0.05, 0) is 30.7 Å². The molecule has 31 heavy (non-hydrogen) atoms. The Kier molecular flexibility index (Phi) is 6.69. The average Bonchev–Trinajstić information content (AvgIpc) is 3.27. The third-order valence-electron chi connectivity index (χ3n) is 5.67. The van der Waals surface area contributed by atoms with Crippen molar-refractivity contribution in [3.05, 3.63) is 59.2 Å². The van der Waals surface area contributed by atoms with Crippen LogP contribution in [-0.2, 0) is 20.9 Å². The zero-order valence-electron chi connectivity index (χ0n) is 17.6. The monoisotopic (exact) mass is 426 g/mol. The predicted molar refractivity (Wildman–Crippen MR) is 113 cm³/mol. The molecule has 2 amide bonds. The Hall–Kier alpha value is -3.10. The first-order chi connectivity index (χ1) is 15.1. The van der Waals surface area contributed by atoms with Crippen molar-refractivity contribution in [1.82, 2.24) is 10.6 Å². The van der Waals surface area contributed by atoms with Crippen molar-refractivity contribution in [1.29, 1.82) is 0 Å². The van der Waals surface area contributed by atoms with Gasteiger partial charge in [0, 0.05) is 12.1 Å². The average molecular weight is 426 g/mol.